The first-order valence-corrected chi connectivity index (χ1v) is 13.0. The number of hydrogen-bond acceptors (Lipinski definition) is 3. The lowest BCUT2D eigenvalue weighted by molar-refractivity contribution is 0.164. The van der Waals surface area contributed by atoms with Crippen LogP contribution in [0.4, 0.5) is 0 Å². The van der Waals surface area contributed by atoms with Crippen molar-refractivity contribution in [2.45, 2.75) is 32.2 Å². The molecule has 0 heterocycles. The van der Waals surface area contributed by atoms with Crippen molar-refractivity contribution in [1.29, 1.82) is 0 Å². The average molecular weight is 460 g/mol. The van der Waals surface area contributed by atoms with Crippen LogP contribution in [0.15, 0.2) is 72.8 Å². The van der Waals surface area contributed by atoms with Crippen molar-refractivity contribution in [3.05, 3.63) is 94.0 Å². The third-order valence-corrected chi connectivity index (χ3v) is 5.95. The molecule has 0 bridgehead atoms. The minimum atomic E-state index is -0.723. The van der Waals surface area contributed by atoms with E-state index in [1.54, 1.807) is 6.07 Å². The van der Waals surface area contributed by atoms with Crippen molar-refractivity contribution < 1.29 is 13.9 Å². The van der Waals surface area contributed by atoms with Crippen LogP contribution in [0.2, 0.25) is 23.1 Å². The fourth-order valence-electron chi connectivity index (χ4n) is 2.90. The van der Waals surface area contributed by atoms with Gasteiger partial charge >= 0.3 is 0 Å². The number of benzene rings is 3. The van der Waals surface area contributed by atoms with Gasteiger partial charge < -0.3 is 13.9 Å². The van der Waals surface area contributed by atoms with Gasteiger partial charge in [0.25, 0.3) is 0 Å². The number of para-hydroxylation sites is 1. The molecular weight excluding hydrogens is 435 g/mol. The molecule has 0 amide bonds. The monoisotopic (exact) mass is 459 g/mol. The topological polar surface area (TPSA) is 27.7 Å². The van der Waals surface area contributed by atoms with E-state index < -0.39 is 9.04 Å². The smallest absolute Gasteiger partial charge is 0.204 e. The van der Waals surface area contributed by atoms with Crippen molar-refractivity contribution in [1.82, 2.24) is 0 Å². The van der Waals surface area contributed by atoms with E-state index in [0.717, 1.165) is 29.0 Å². The van der Waals surface area contributed by atoms with Crippen molar-refractivity contribution in [3.8, 4) is 11.5 Å². The highest BCUT2D eigenvalue weighted by atomic mass is 35.5. The van der Waals surface area contributed by atoms with E-state index >= 15 is 0 Å². The third-order valence-electron chi connectivity index (χ3n) is 4.43. The third kappa shape index (κ3) is 7.06. The molecule has 30 heavy (non-hydrogen) atoms. The zero-order valence-corrected chi connectivity index (χ0v) is 19.6. The SMILES string of the molecule is C[Si](C)OCCC(Oc1ccccc1)c1ccc(OCc2ccc(Cl)c(Cl)c2)cc1. The second-order valence-electron chi connectivity index (χ2n) is 7.07. The van der Waals surface area contributed by atoms with Crippen LogP contribution in [0, 0.1) is 0 Å². The predicted octanol–water partition coefficient (Wildman–Crippen LogP) is 7.35. The zero-order chi connectivity index (χ0) is 21.3. The summed E-state index contributed by atoms with van der Waals surface area (Å²) in [5.74, 6) is 1.63. The van der Waals surface area contributed by atoms with Crippen LogP contribution in [0.3, 0.4) is 0 Å². The number of halogens is 2. The summed E-state index contributed by atoms with van der Waals surface area (Å²) in [4.78, 5) is 0. The quantitative estimate of drug-likeness (QED) is 0.296. The van der Waals surface area contributed by atoms with E-state index in [1.807, 2.05) is 66.7 Å². The molecule has 0 fully saturated rings. The lowest BCUT2D eigenvalue weighted by Crippen LogP contribution is -2.15. The molecule has 0 saturated heterocycles. The average Bonchev–Trinajstić information content (AvgIpc) is 2.75. The fourth-order valence-corrected chi connectivity index (χ4v) is 3.75. The largest absolute Gasteiger partial charge is 0.489 e. The minimum Gasteiger partial charge on any atom is -0.489 e. The van der Waals surface area contributed by atoms with Gasteiger partial charge in [0.1, 0.15) is 24.2 Å². The molecule has 0 aliphatic carbocycles. The molecular formula is C24H25Cl2O3Si. The van der Waals surface area contributed by atoms with E-state index in [2.05, 4.69) is 13.1 Å². The molecule has 3 aromatic rings. The van der Waals surface area contributed by atoms with Gasteiger partial charge in [0.2, 0.25) is 9.04 Å². The van der Waals surface area contributed by atoms with Gasteiger partial charge in [-0.25, -0.2) is 0 Å². The van der Waals surface area contributed by atoms with Gasteiger partial charge in [-0.3, -0.25) is 0 Å². The van der Waals surface area contributed by atoms with Crippen molar-refractivity contribution in [2.24, 2.45) is 0 Å². The van der Waals surface area contributed by atoms with Crippen LogP contribution >= 0.6 is 23.2 Å². The van der Waals surface area contributed by atoms with E-state index in [1.165, 1.54) is 0 Å². The highest BCUT2D eigenvalue weighted by Gasteiger charge is 2.14. The molecule has 0 N–H and O–H groups in total. The molecule has 3 rings (SSSR count). The molecule has 0 saturated carbocycles. The Morgan fingerprint density at radius 1 is 0.833 bits per heavy atom. The second-order valence-corrected chi connectivity index (χ2v) is 9.99. The number of hydrogen-bond donors (Lipinski definition) is 0. The van der Waals surface area contributed by atoms with Gasteiger partial charge in [-0.2, -0.15) is 0 Å². The predicted molar refractivity (Wildman–Crippen MR) is 125 cm³/mol. The van der Waals surface area contributed by atoms with Gasteiger partial charge in [0.15, 0.2) is 0 Å². The van der Waals surface area contributed by atoms with E-state index in [0.29, 0.717) is 23.3 Å². The van der Waals surface area contributed by atoms with Gasteiger partial charge in [-0.05, 0) is 60.6 Å². The normalized spacial score (nSPS) is 12.0. The van der Waals surface area contributed by atoms with Crippen LogP contribution < -0.4 is 9.47 Å². The highest BCUT2D eigenvalue weighted by molar-refractivity contribution is 6.48. The lowest BCUT2D eigenvalue weighted by atomic mass is 10.1. The van der Waals surface area contributed by atoms with E-state index in [4.69, 9.17) is 37.1 Å². The van der Waals surface area contributed by atoms with Gasteiger partial charge in [-0.1, -0.05) is 59.6 Å². The number of rotatable bonds is 10. The Bertz CT molecular complexity index is 917. The molecule has 3 nitrogen and oxygen atoms in total. The van der Waals surface area contributed by atoms with Crippen molar-refractivity contribution in [2.75, 3.05) is 6.61 Å². The van der Waals surface area contributed by atoms with Crippen LogP contribution in [-0.2, 0) is 11.0 Å². The maximum atomic E-state index is 6.24. The van der Waals surface area contributed by atoms with Crippen LogP contribution in [0.25, 0.3) is 0 Å². The Morgan fingerprint density at radius 2 is 1.57 bits per heavy atom. The molecule has 3 aromatic carbocycles. The molecule has 1 radical (unpaired) electrons. The van der Waals surface area contributed by atoms with Crippen molar-refractivity contribution >= 4 is 32.2 Å². The Morgan fingerprint density at radius 3 is 2.23 bits per heavy atom. The molecule has 0 spiro atoms. The van der Waals surface area contributed by atoms with Gasteiger partial charge in [0.05, 0.1) is 10.0 Å². The molecule has 157 valence electrons. The summed E-state index contributed by atoms with van der Waals surface area (Å²) in [6.45, 7) is 5.37. The molecule has 0 aliphatic rings. The van der Waals surface area contributed by atoms with E-state index in [-0.39, 0.29) is 6.10 Å². The van der Waals surface area contributed by atoms with Gasteiger partial charge in [0, 0.05) is 13.0 Å². The van der Waals surface area contributed by atoms with E-state index in [9.17, 15) is 0 Å². The Kier molecular flexibility index (Phi) is 8.64. The minimum absolute atomic E-state index is 0.0853. The van der Waals surface area contributed by atoms with Gasteiger partial charge in [-0.15, -0.1) is 0 Å². The summed E-state index contributed by atoms with van der Waals surface area (Å²) in [5, 5.41) is 1.07. The Labute approximate surface area is 190 Å². The van der Waals surface area contributed by atoms with Crippen molar-refractivity contribution in [3.63, 3.8) is 0 Å². The lowest BCUT2D eigenvalue weighted by Gasteiger charge is -2.20. The van der Waals surface area contributed by atoms with Crippen LogP contribution in [0.1, 0.15) is 23.7 Å². The molecule has 6 heteroatoms. The van der Waals surface area contributed by atoms with Crippen LogP contribution in [-0.4, -0.2) is 15.6 Å². The maximum absolute atomic E-state index is 6.24. The number of ether oxygens (including phenoxy) is 2. The zero-order valence-electron chi connectivity index (χ0n) is 17.1. The first kappa shape index (κ1) is 22.7. The first-order valence-electron chi connectivity index (χ1n) is 9.82. The summed E-state index contributed by atoms with van der Waals surface area (Å²) in [7, 11) is -0.723. The standard InChI is InChI=1S/C24H25Cl2O3Si/c1-30(2)28-15-14-24(29-21-6-4-3-5-7-21)19-9-11-20(12-10-19)27-17-18-8-13-22(25)23(26)16-18/h3-13,16,24H,14-15,17H2,1-2H3. The Balaban J connectivity index is 1.65. The first-order chi connectivity index (χ1) is 14.5. The molecule has 1 unspecified atom stereocenters. The fraction of sp³-hybridized carbons (Fsp3) is 0.250. The molecule has 0 aliphatic heterocycles. The Hall–Kier alpha value is -1.98. The maximum Gasteiger partial charge on any atom is 0.204 e. The molecule has 0 aromatic heterocycles. The van der Waals surface area contributed by atoms with Crippen LogP contribution in [0.5, 0.6) is 11.5 Å². The summed E-state index contributed by atoms with van der Waals surface area (Å²) in [6, 6.07) is 23.4. The summed E-state index contributed by atoms with van der Waals surface area (Å²) < 4.78 is 18.0. The second kappa shape index (κ2) is 11.4. The summed E-state index contributed by atoms with van der Waals surface area (Å²) in [6.07, 6.45) is 0.701. The highest BCUT2D eigenvalue weighted by Crippen LogP contribution is 2.27. The summed E-state index contributed by atoms with van der Waals surface area (Å²) >= 11 is 12.0. The molecule has 1 atom stereocenters. The summed E-state index contributed by atoms with van der Waals surface area (Å²) in [5.41, 5.74) is 2.05.